The number of nitrogens with one attached hydrogen (secondary N) is 2. The van der Waals surface area contributed by atoms with Crippen molar-refractivity contribution in [1.82, 2.24) is 25.1 Å². The van der Waals surface area contributed by atoms with Gasteiger partial charge in [0.25, 0.3) is 0 Å². The van der Waals surface area contributed by atoms with Gasteiger partial charge in [0.1, 0.15) is 18.4 Å². The van der Waals surface area contributed by atoms with Crippen molar-refractivity contribution in [3.8, 4) is 5.75 Å². The molecule has 2 N–H and O–H groups in total. The molecule has 0 aliphatic carbocycles. The average molecular weight is 562 g/mol. The van der Waals surface area contributed by atoms with Gasteiger partial charge in [-0.2, -0.15) is 0 Å². The summed E-state index contributed by atoms with van der Waals surface area (Å²) in [4.78, 5) is 33.3. The topological polar surface area (TPSA) is 97.7 Å². The summed E-state index contributed by atoms with van der Waals surface area (Å²) in [5.41, 5.74) is 2.04. The lowest BCUT2D eigenvalue weighted by molar-refractivity contribution is -0.133. The zero-order chi connectivity index (χ0) is 28.9. The van der Waals surface area contributed by atoms with Crippen LogP contribution in [0.2, 0.25) is 0 Å². The predicted octanol–water partition coefficient (Wildman–Crippen LogP) is 3.44. The summed E-state index contributed by atoms with van der Waals surface area (Å²) in [7, 11) is 0. The highest BCUT2D eigenvalue weighted by atomic mass is 16.5. The molecule has 0 bridgehead atoms. The minimum atomic E-state index is -0.692. The Morgan fingerprint density at radius 3 is 2.44 bits per heavy atom. The number of aryl methyl sites for hydroxylation is 1. The fraction of sp³-hybridized carbons (Fsp3) is 0.469. The SMILES string of the molecule is CC(C)C[C@H](C(=O)N[C@@H](Cc1ccc(OCc2ccccc2)cc1)C(=O)NCCCn1ccnc1)N1CCOCC1. The summed E-state index contributed by atoms with van der Waals surface area (Å²) in [6.07, 6.45) is 7.27. The Hall–Kier alpha value is -3.69. The van der Waals surface area contributed by atoms with Crippen molar-refractivity contribution < 1.29 is 19.1 Å². The lowest BCUT2D eigenvalue weighted by Crippen LogP contribution is -2.56. The van der Waals surface area contributed by atoms with E-state index < -0.39 is 6.04 Å². The molecule has 220 valence electrons. The first-order valence-electron chi connectivity index (χ1n) is 14.6. The molecule has 1 fully saturated rings. The highest BCUT2D eigenvalue weighted by Gasteiger charge is 2.31. The van der Waals surface area contributed by atoms with E-state index in [1.54, 1.807) is 12.5 Å². The molecule has 2 aromatic carbocycles. The summed E-state index contributed by atoms with van der Waals surface area (Å²) in [6, 6.07) is 16.8. The second kappa shape index (κ2) is 15.9. The number of carbonyl (C=O) groups excluding carboxylic acids is 2. The molecule has 4 rings (SSSR count). The number of carbonyl (C=O) groups is 2. The Labute approximate surface area is 243 Å². The number of hydrogen-bond acceptors (Lipinski definition) is 6. The van der Waals surface area contributed by atoms with Gasteiger partial charge in [0.15, 0.2) is 0 Å². The van der Waals surface area contributed by atoms with Crippen LogP contribution in [-0.2, 0) is 33.9 Å². The monoisotopic (exact) mass is 561 g/mol. The van der Waals surface area contributed by atoms with Crippen LogP contribution in [0.15, 0.2) is 73.3 Å². The van der Waals surface area contributed by atoms with Gasteiger partial charge in [-0.1, -0.05) is 56.3 Å². The number of ether oxygens (including phenoxy) is 2. The summed E-state index contributed by atoms with van der Waals surface area (Å²) < 4.78 is 13.4. The molecule has 0 saturated carbocycles. The zero-order valence-electron chi connectivity index (χ0n) is 24.2. The quantitative estimate of drug-likeness (QED) is 0.276. The van der Waals surface area contributed by atoms with E-state index in [0.29, 0.717) is 51.8 Å². The Morgan fingerprint density at radius 2 is 1.76 bits per heavy atom. The number of aromatic nitrogens is 2. The van der Waals surface area contributed by atoms with Crippen LogP contribution in [0, 0.1) is 5.92 Å². The molecule has 2 amide bonds. The third-order valence-corrected chi connectivity index (χ3v) is 7.18. The van der Waals surface area contributed by atoms with Crippen molar-refractivity contribution in [3.63, 3.8) is 0 Å². The summed E-state index contributed by atoms with van der Waals surface area (Å²) in [5, 5.41) is 6.14. The van der Waals surface area contributed by atoms with E-state index in [2.05, 4.69) is 34.4 Å². The number of rotatable bonds is 15. The van der Waals surface area contributed by atoms with Gasteiger partial charge < -0.3 is 24.7 Å². The first-order valence-corrected chi connectivity index (χ1v) is 14.6. The highest BCUT2D eigenvalue weighted by Crippen LogP contribution is 2.17. The first kappa shape index (κ1) is 30.3. The standard InChI is InChI=1S/C32H43N5O4/c1-25(2)21-30(37-17-19-40-20-18-37)32(39)35-29(31(38)34-13-6-15-36-16-14-33-24-36)22-26-9-11-28(12-10-26)41-23-27-7-4-3-5-8-27/h3-5,7-12,14,16,24-25,29-30H,6,13,15,17-23H2,1-2H3,(H,34,38)(H,35,39)/t29-,30+/m0/s1. The minimum Gasteiger partial charge on any atom is -0.489 e. The van der Waals surface area contributed by atoms with Gasteiger partial charge in [0.2, 0.25) is 11.8 Å². The minimum absolute atomic E-state index is 0.109. The second-order valence-electron chi connectivity index (χ2n) is 10.9. The molecule has 41 heavy (non-hydrogen) atoms. The van der Waals surface area contributed by atoms with E-state index in [1.165, 1.54) is 0 Å². The van der Waals surface area contributed by atoms with Crippen LogP contribution in [0.3, 0.4) is 0 Å². The lowest BCUT2D eigenvalue weighted by atomic mass is 9.99. The van der Waals surface area contributed by atoms with Crippen LogP contribution >= 0.6 is 0 Å². The Balaban J connectivity index is 1.40. The maximum Gasteiger partial charge on any atom is 0.242 e. The summed E-state index contributed by atoms with van der Waals surface area (Å²) in [6.45, 7) is 8.63. The van der Waals surface area contributed by atoms with Gasteiger partial charge >= 0.3 is 0 Å². The largest absolute Gasteiger partial charge is 0.489 e. The molecule has 1 saturated heterocycles. The number of morpholine rings is 1. The maximum atomic E-state index is 13.6. The third-order valence-electron chi connectivity index (χ3n) is 7.18. The van der Waals surface area contributed by atoms with Gasteiger partial charge in [-0.05, 0) is 42.0 Å². The van der Waals surface area contributed by atoms with Crippen molar-refractivity contribution in [3.05, 3.63) is 84.4 Å². The Bertz CT molecular complexity index is 1180. The number of nitrogens with zero attached hydrogens (tertiary/aromatic N) is 3. The van der Waals surface area contributed by atoms with Crippen molar-refractivity contribution in [2.24, 2.45) is 5.92 Å². The summed E-state index contributed by atoms with van der Waals surface area (Å²) >= 11 is 0. The molecule has 1 aromatic heterocycles. The van der Waals surface area contributed by atoms with E-state index in [-0.39, 0.29) is 17.9 Å². The normalized spacial score (nSPS) is 15.3. The Morgan fingerprint density at radius 1 is 1.00 bits per heavy atom. The molecule has 2 atom stereocenters. The molecule has 9 heteroatoms. The van der Waals surface area contributed by atoms with Crippen LogP contribution in [-0.4, -0.2) is 71.2 Å². The molecule has 1 aliphatic rings. The van der Waals surface area contributed by atoms with Crippen LogP contribution < -0.4 is 15.4 Å². The molecule has 2 heterocycles. The molecular weight excluding hydrogens is 518 g/mol. The fourth-order valence-electron chi connectivity index (χ4n) is 4.95. The first-order chi connectivity index (χ1) is 20.0. The molecule has 3 aromatic rings. The summed E-state index contributed by atoms with van der Waals surface area (Å²) in [5.74, 6) is 0.805. The van der Waals surface area contributed by atoms with E-state index in [1.807, 2.05) is 65.4 Å². The Kier molecular flexibility index (Phi) is 11.8. The number of benzene rings is 2. The molecule has 0 radical (unpaired) electrons. The van der Waals surface area contributed by atoms with Crippen LogP contribution in [0.4, 0.5) is 0 Å². The lowest BCUT2D eigenvalue weighted by Gasteiger charge is -2.35. The van der Waals surface area contributed by atoms with E-state index >= 15 is 0 Å². The fourth-order valence-corrected chi connectivity index (χ4v) is 4.95. The number of amides is 2. The smallest absolute Gasteiger partial charge is 0.242 e. The van der Waals surface area contributed by atoms with Gasteiger partial charge in [0.05, 0.1) is 25.6 Å². The predicted molar refractivity (Wildman–Crippen MR) is 158 cm³/mol. The van der Waals surface area contributed by atoms with Crippen LogP contribution in [0.5, 0.6) is 5.75 Å². The average Bonchev–Trinajstić information content (AvgIpc) is 3.52. The van der Waals surface area contributed by atoms with Gasteiger partial charge in [-0.3, -0.25) is 14.5 Å². The van der Waals surface area contributed by atoms with Gasteiger partial charge in [-0.25, -0.2) is 4.98 Å². The van der Waals surface area contributed by atoms with E-state index in [0.717, 1.165) is 36.3 Å². The molecule has 0 spiro atoms. The van der Waals surface area contributed by atoms with Crippen molar-refractivity contribution in [2.45, 2.75) is 58.3 Å². The zero-order valence-corrected chi connectivity index (χ0v) is 24.2. The molecule has 9 nitrogen and oxygen atoms in total. The van der Waals surface area contributed by atoms with Crippen molar-refractivity contribution >= 4 is 11.8 Å². The number of hydrogen-bond donors (Lipinski definition) is 2. The van der Waals surface area contributed by atoms with Crippen molar-refractivity contribution in [2.75, 3.05) is 32.8 Å². The third kappa shape index (κ3) is 10.0. The van der Waals surface area contributed by atoms with Crippen molar-refractivity contribution in [1.29, 1.82) is 0 Å². The van der Waals surface area contributed by atoms with Crippen LogP contribution in [0.25, 0.3) is 0 Å². The number of imidazole rings is 1. The highest BCUT2D eigenvalue weighted by molar-refractivity contribution is 5.90. The van der Waals surface area contributed by atoms with Crippen LogP contribution in [0.1, 0.15) is 37.8 Å². The molecular formula is C32H43N5O4. The maximum absolute atomic E-state index is 13.6. The van der Waals surface area contributed by atoms with E-state index in [4.69, 9.17) is 9.47 Å². The second-order valence-corrected chi connectivity index (χ2v) is 10.9. The molecule has 0 unspecified atom stereocenters. The van der Waals surface area contributed by atoms with E-state index in [9.17, 15) is 9.59 Å². The van der Waals surface area contributed by atoms with Gasteiger partial charge in [0, 0.05) is 45.0 Å². The molecule has 1 aliphatic heterocycles. The van der Waals surface area contributed by atoms with Gasteiger partial charge in [-0.15, -0.1) is 0 Å².